The van der Waals surface area contributed by atoms with Gasteiger partial charge in [-0.3, -0.25) is 9.48 Å². The van der Waals surface area contributed by atoms with Crippen LogP contribution in [0.15, 0.2) is 30.6 Å². The van der Waals surface area contributed by atoms with Crippen molar-refractivity contribution in [1.82, 2.24) is 15.1 Å². The first-order chi connectivity index (χ1) is 10.1. The van der Waals surface area contributed by atoms with Crippen LogP contribution in [0.2, 0.25) is 10.0 Å². The summed E-state index contributed by atoms with van der Waals surface area (Å²) in [5, 5.41) is 8.11. The average molecular weight is 324 g/mol. The van der Waals surface area contributed by atoms with Crippen LogP contribution in [0.5, 0.6) is 0 Å². The molecule has 4 nitrogen and oxygen atoms in total. The zero-order valence-corrected chi connectivity index (χ0v) is 13.0. The molecule has 1 N–H and O–H groups in total. The van der Waals surface area contributed by atoms with Gasteiger partial charge in [-0.2, -0.15) is 5.10 Å². The molecule has 1 aromatic carbocycles. The Kier molecular flexibility index (Phi) is 3.91. The number of benzene rings is 1. The lowest BCUT2D eigenvalue weighted by Gasteiger charge is -2.06. The molecule has 0 bridgehead atoms. The third-order valence-electron chi connectivity index (χ3n) is 3.73. The highest BCUT2D eigenvalue weighted by Crippen LogP contribution is 2.50. The molecule has 6 heteroatoms. The molecule has 0 radical (unpaired) electrons. The van der Waals surface area contributed by atoms with Crippen molar-refractivity contribution in [1.29, 1.82) is 0 Å². The summed E-state index contributed by atoms with van der Waals surface area (Å²) in [5.74, 6) is 0.211. The Labute approximate surface area is 133 Å². The molecule has 2 aromatic rings. The molecule has 1 aliphatic rings. The van der Waals surface area contributed by atoms with E-state index in [0.29, 0.717) is 16.6 Å². The topological polar surface area (TPSA) is 46.9 Å². The lowest BCUT2D eigenvalue weighted by molar-refractivity contribution is -0.122. The summed E-state index contributed by atoms with van der Waals surface area (Å²) in [6, 6.07) is 5.56. The van der Waals surface area contributed by atoms with E-state index in [2.05, 4.69) is 10.4 Å². The van der Waals surface area contributed by atoms with Crippen LogP contribution in [0, 0.1) is 5.92 Å². The quantitative estimate of drug-likeness (QED) is 0.939. The van der Waals surface area contributed by atoms with Crippen molar-refractivity contribution in [2.45, 2.75) is 18.9 Å². The van der Waals surface area contributed by atoms with Crippen molar-refractivity contribution < 1.29 is 4.79 Å². The average Bonchev–Trinajstić information content (AvgIpc) is 3.15. The number of aryl methyl sites for hydroxylation is 1. The molecule has 1 fully saturated rings. The molecule has 0 spiro atoms. The zero-order valence-electron chi connectivity index (χ0n) is 11.5. The predicted molar refractivity (Wildman–Crippen MR) is 82.4 cm³/mol. The Hall–Kier alpha value is -1.52. The lowest BCUT2D eigenvalue weighted by Crippen LogP contribution is -2.24. The first-order valence-electron chi connectivity index (χ1n) is 6.75. The van der Waals surface area contributed by atoms with Crippen molar-refractivity contribution in [2.75, 3.05) is 0 Å². The van der Waals surface area contributed by atoms with Gasteiger partial charge in [-0.1, -0.05) is 35.3 Å². The highest BCUT2D eigenvalue weighted by Gasteiger charge is 2.44. The van der Waals surface area contributed by atoms with Crippen LogP contribution in [-0.2, 0) is 18.4 Å². The highest BCUT2D eigenvalue weighted by molar-refractivity contribution is 6.42. The maximum Gasteiger partial charge on any atom is 0.224 e. The van der Waals surface area contributed by atoms with E-state index in [4.69, 9.17) is 23.2 Å². The minimum Gasteiger partial charge on any atom is -0.352 e. The van der Waals surface area contributed by atoms with E-state index in [1.165, 1.54) is 0 Å². The second kappa shape index (κ2) is 5.70. The fourth-order valence-electron chi connectivity index (χ4n) is 2.52. The van der Waals surface area contributed by atoms with E-state index < -0.39 is 0 Å². The Bertz CT molecular complexity index is 683. The third-order valence-corrected chi connectivity index (χ3v) is 4.57. The highest BCUT2D eigenvalue weighted by atomic mass is 35.5. The number of amides is 1. The Morgan fingerprint density at radius 2 is 2.29 bits per heavy atom. The summed E-state index contributed by atoms with van der Waals surface area (Å²) in [6.07, 6.45) is 4.45. The summed E-state index contributed by atoms with van der Waals surface area (Å²) in [5.41, 5.74) is 1.95. The molecule has 2 atom stereocenters. The van der Waals surface area contributed by atoms with Gasteiger partial charge in [0, 0.05) is 31.3 Å². The van der Waals surface area contributed by atoms with Crippen LogP contribution in [0.25, 0.3) is 0 Å². The number of hydrogen-bond donors (Lipinski definition) is 1. The summed E-state index contributed by atoms with van der Waals surface area (Å²) in [4.78, 5) is 12.2. The molecule has 110 valence electrons. The monoisotopic (exact) mass is 323 g/mol. The molecule has 1 aliphatic carbocycles. The standard InChI is InChI=1S/C15H15Cl2N3O/c1-20-8-9(7-19-20)6-18-15(21)12-5-11(12)10-3-2-4-13(16)14(10)17/h2-4,7-8,11-12H,5-6H2,1H3,(H,18,21)/t11-,12-/m1/s1. The third kappa shape index (κ3) is 3.06. The van der Waals surface area contributed by atoms with Crippen molar-refractivity contribution in [2.24, 2.45) is 13.0 Å². The van der Waals surface area contributed by atoms with Crippen molar-refractivity contribution in [3.63, 3.8) is 0 Å². The number of halogens is 2. The first kappa shape index (κ1) is 14.4. The molecule has 0 aliphatic heterocycles. The van der Waals surface area contributed by atoms with Gasteiger partial charge in [-0.25, -0.2) is 0 Å². The number of carbonyl (C=O) groups excluding carboxylic acids is 1. The molecular weight excluding hydrogens is 309 g/mol. The summed E-state index contributed by atoms with van der Waals surface area (Å²) in [6.45, 7) is 0.499. The van der Waals surface area contributed by atoms with Crippen molar-refractivity contribution >= 4 is 29.1 Å². The van der Waals surface area contributed by atoms with Gasteiger partial charge in [0.1, 0.15) is 0 Å². The fourth-order valence-corrected chi connectivity index (χ4v) is 2.97. The predicted octanol–water partition coefficient (Wildman–Crippen LogP) is 3.15. The number of aromatic nitrogens is 2. The molecule has 21 heavy (non-hydrogen) atoms. The second-order valence-electron chi connectivity index (χ2n) is 5.33. The number of carbonyl (C=O) groups is 1. The van der Waals surface area contributed by atoms with E-state index in [-0.39, 0.29) is 17.7 Å². The van der Waals surface area contributed by atoms with Gasteiger partial charge >= 0.3 is 0 Å². The minimum absolute atomic E-state index is 0.0161. The van der Waals surface area contributed by atoms with E-state index in [0.717, 1.165) is 17.5 Å². The molecule has 3 rings (SSSR count). The normalized spacial score (nSPS) is 20.3. The van der Waals surface area contributed by atoms with Crippen LogP contribution in [-0.4, -0.2) is 15.7 Å². The Balaban J connectivity index is 1.59. The molecule has 0 saturated heterocycles. The van der Waals surface area contributed by atoms with Gasteiger partial charge in [0.05, 0.1) is 16.2 Å². The molecule has 1 saturated carbocycles. The zero-order chi connectivity index (χ0) is 15.0. The van der Waals surface area contributed by atoms with E-state index in [9.17, 15) is 4.79 Å². The van der Waals surface area contributed by atoms with Crippen LogP contribution < -0.4 is 5.32 Å². The lowest BCUT2D eigenvalue weighted by atomic mass is 10.1. The molecule has 0 unspecified atom stereocenters. The van der Waals surface area contributed by atoms with Crippen LogP contribution in [0.3, 0.4) is 0 Å². The molecule has 1 amide bonds. The van der Waals surface area contributed by atoms with E-state index in [1.54, 1.807) is 16.9 Å². The number of hydrogen-bond acceptors (Lipinski definition) is 2. The molecular formula is C15H15Cl2N3O. The van der Waals surface area contributed by atoms with Gasteiger partial charge in [0.25, 0.3) is 0 Å². The maximum atomic E-state index is 12.2. The second-order valence-corrected chi connectivity index (χ2v) is 6.12. The SMILES string of the molecule is Cn1cc(CNC(=O)[C@@H]2C[C@@H]2c2cccc(Cl)c2Cl)cn1. The van der Waals surface area contributed by atoms with Gasteiger partial charge < -0.3 is 5.32 Å². The van der Waals surface area contributed by atoms with Crippen molar-refractivity contribution in [3.05, 3.63) is 51.8 Å². The minimum atomic E-state index is -0.0161. The Morgan fingerprint density at radius 1 is 1.48 bits per heavy atom. The maximum absolute atomic E-state index is 12.2. The van der Waals surface area contributed by atoms with Crippen LogP contribution >= 0.6 is 23.2 Å². The van der Waals surface area contributed by atoms with E-state index in [1.807, 2.05) is 25.4 Å². The smallest absolute Gasteiger partial charge is 0.224 e. The summed E-state index contributed by atoms with van der Waals surface area (Å²) < 4.78 is 1.72. The molecule has 1 heterocycles. The van der Waals surface area contributed by atoms with Crippen molar-refractivity contribution in [3.8, 4) is 0 Å². The summed E-state index contributed by atoms with van der Waals surface area (Å²) >= 11 is 12.2. The largest absolute Gasteiger partial charge is 0.352 e. The fraction of sp³-hybridized carbons (Fsp3) is 0.333. The summed E-state index contributed by atoms with van der Waals surface area (Å²) in [7, 11) is 1.85. The first-order valence-corrected chi connectivity index (χ1v) is 7.51. The van der Waals surface area contributed by atoms with Gasteiger partial charge in [-0.15, -0.1) is 0 Å². The van der Waals surface area contributed by atoms with Crippen LogP contribution in [0.4, 0.5) is 0 Å². The number of rotatable bonds is 4. The van der Waals surface area contributed by atoms with Gasteiger partial charge in [0.15, 0.2) is 0 Å². The number of nitrogens with zero attached hydrogens (tertiary/aromatic N) is 2. The van der Waals surface area contributed by atoms with E-state index >= 15 is 0 Å². The van der Waals surface area contributed by atoms with Gasteiger partial charge in [0.2, 0.25) is 5.91 Å². The van der Waals surface area contributed by atoms with Crippen LogP contribution in [0.1, 0.15) is 23.5 Å². The number of nitrogens with one attached hydrogen (secondary N) is 1. The van der Waals surface area contributed by atoms with Gasteiger partial charge in [-0.05, 0) is 24.0 Å². The Morgan fingerprint density at radius 3 is 3.00 bits per heavy atom. The molecule has 1 aromatic heterocycles.